The lowest BCUT2D eigenvalue weighted by Gasteiger charge is -2.13. The molecule has 1 aliphatic rings. The standard InChI is InChI=1S/C7H10O2S/c1-6-4-3-5-10(6)9-7(2)8/h3-5,10H,1-2H3. The highest BCUT2D eigenvalue weighted by Crippen LogP contribution is 2.41. The molecule has 1 aliphatic heterocycles. The van der Waals surface area contributed by atoms with Crippen molar-refractivity contribution in [3.8, 4) is 0 Å². The van der Waals surface area contributed by atoms with E-state index in [1.54, 1.807) is 0 Å². The van der Waals surface area contributed by atoms with E-state index in [2.05, 4.69) is 0 Å². The fraction of sp³-hybridized carbons (Fsp3) is 0.286. The summed E-state index contributed by atoms with van der Waals surface area (Å²) in [6, 6.07) is 0. The molecule has 1 rings (SSSR count). The molecule has 0 N–H and O–H groups in total. The molecule has 0 bridgehead atoms. The first-order chi connectivity index (χ1) is 4.70. The lowest BCUT2D eigenvalue weighted by Crippen LogP contribution is -1.93. The molecule has 0 radical (unpaired) electrons. The maximum Gasteiger partial charge on any atom is 0.313 e. The van der Waals surface area contributed by atoms with Crippen LogP contribution in [0.15, 0.2) is 22.5 Å². The zero-order valence-corrected chi connectivity index (χ0v) is 6.89. The fourth-order valence-electron chi connectivity index (χ4n) is 0.692. The van der Waals surface area contributed by atoms with Crippen LogP contribution in [0.4, 0.5) is 0 Å². The van der Waals surface area contributed by atoms with E-state index in [1.807, 2.05) is 24.5 Å². The summed E-state index contributed by atoms with van der Waals surface area (Å²) in [5.41, 5.74) is 0. The van der Waals surface area contributed by atoms with Gasteiger partial charge in [-0.15, -0.1) is 0 Å². The number of carbonyl (C=O) groups is 1. The topological polar surface area (TPSA) is 26.3 Å². The predicted molar refractivity (Wildman–Crippen MR) is 43.6 cm³/mol. The second-order valence-electron chi connectivity index (χ2n) is 2.06. The SMILES string of the molecule is CC(=O)O[SH]1C=CC=C1C. The Morgan fingerprint density at radius 2 is 2.40 bits per heavy atom. The first kappa shape index (κ1) is 7.41. The summed E-state index contributed by atoms with van der Waals surface area (Å²) >= 11 is -0.715. The molecule has 0 amide bonds. The smallest absolute Gasteiger partial charge is 0.313 e. The van der Waals surface area contributed by atoms with Crippen LogP contribution in [0.1, 0.15) is 13.8 Å². The highest BCUT2D eigenvalue weighted by molar-refractivity contribution is 8.19. The van der Waals surface area contributed by atoms with Gasteiger partial charge in [-0.05, 0) is 17.2 Å². The summed E-state index contributed by atoms with van der Waals surface area (Å²) in [6.07, 6.45) is 3.89. The minimum Gasteiger partial charge on any atom is -0.410 e. The Labute approximate surface area is 63.1 Å². The van der Waals surface area contributed by atoms with E-state index in [-0.39, 0.29) is 5.97 Å². The van der Waals surface area contributed by atoms with Gasteiger partial charge in [-0.1, -0.05) is 23.3 Å². The molecule has 0 saturated heterocycles. The first-order valence-corrected chi connectivity index (χ1v) is 4.36. The number of hydrogen-bond donors (Lipinski definition) is 1. The number of thiol groups is 1. The Balaban J connectivity index is 2.51. The zero-order valence-electron chi connectivity index (χ0n) is 6.00. The zero-order chi connectivity index (χ0) is 7.56. The van der Waals surface area contributed by atoms with Crippen molar-refractivity contribution in [1.82, 2.24) is 0 Å². The van der Waals surface area contributed by atoms with Crippen LogP contribution in [0.3, 0.4) is 0 Å². The predicted octanol–water partition coefficient (Wildman–Crippen LogP) is 1.90. The lowest BCUT2D eigenvalue weighted by molar-refractivity contribution is -0.130. The van der Waals surface area contributed by atoms with Gasteiger partial charge in [0.05, 0.1) is 0 Å². The van der Waals surface area contributed by atoms with Crippen molar-refractivity contribution >= 4 is 17.1 Å². The van der Waals surface area contributed by atoms with Gasteiger partial charge in [-0.3, -0.25) is 4.79 Å². The van der Waals surface area contributed by atoms with Gasteiger partial charge in [0.1, 0.15) is 0 Å². The summed E-state index contributed by atoms with van der Waals surface area (Å²) in [5.74, 6) is -0.203. The molecule has 1 heterocycles. The average molecular weight is 158 g/mol. The Kier molecular flexibility index (Phi) is 2.17. The Bertz CT molecular complexity index is 206. The van der Waals surface area contributed by atoms with Crippen LogP contribution in [-0.4, -0.2) is 5.97 Å². The van der Waals surface area contributed by atoms with Crippen molar-refractivity contribution in [3.05, 3.63) is 22.5 Å². The van der Waals surface area contributed by atoms with E-state index in [4.69, 9.17) is 4.18 Å². The number of carbonyl (C=O) groups excluding carboxylic acids is 1. The lowest BCUT2D eigenvalue weighted by atomic mass is 10.5. The normalized spacial score (nSPS) is 26.2. The molecule has 0 aromatic heterocycles. The molecule has 0 aromatic carbocycles. The molecule has 0 spiro atoms. The van der Waals surface area contributed by atoms with E-state index in [1.165, 1.54) is 6.92 Å². The summed E-state index contributed by atoms with van der Waals surface area (Å²) in [6.45, 7) is 3.40. The third kappa shape index (κ3) is 1.64. The summed E-state index contributed by atoms with van der Waals surface area (Å²) in [7, 11) is 0. The number of allylic oxidation sites excluding steroid dienone is 3. The quantitative estimate of drug-likeness (QED) is 0.590. The molecular formula is C7H10O2S. The summed E-state index contributed by atoms with van der Waals surface area (Å²) in [5, 5.41) is 1.92. The third-order valence-corrected chi connectivity index (χ3v) is 2.87. The molecule has 1 unspecified atom stereocenters. The number of hydrogen-bond acceptors (Lipinski definition) is 2. The average Bonchev–Trinajstić information content (AvgIpc) is 2.15. The monoisotopic (exact) mass is 158 g/mol. The first-order valence-electron chi connectivity index (χ1n) is 3.03. The van der Waals surface area contributed by atoms with Crippen LogP contribution in [0, 0.1) is 0 Å². The largest absolute Gasteiger partial charge is 0.410 e. The Morgan fingerprint density at radius 3 is 2.80 bits per heavy atom. The van der Waals surface area contributed by atoms with Crippen molar-refractivity contribution in [2.75, 3.05) is 0 Å². The van der Waals surface area contributed by atoms with E-state index in [9.17, 15) is 4.79 Å². The van der Waals surface area contributed by atoms with Gasteiger partial charge in [0.15, 0.2) is 0 Å². The highest BCUT2D eigenvalue weighted by atomic mass is 32.2. The van der Waals surface area contributed by atoms with Gasteiger partial charge >= 0.3 is 5.97 Å². The Morgan fingerprint density at radius 1 is 1.70 bits per heavy atom. The van der Waals surface area contributed by atoms with E-state index < -0.39 is 11.2 Å². The molecule has 0 aromatic rings. The van der Waals surface area contributed by atoms with Crippen molar-refractivity contribution < 1.29 is 8.98 Å². The molecule has 0 fully saturated rings. The van der Waals surface area contributed by atoms with Gasteiger partial charge in [0.2, 0.25) is 0 Å². The molecule has 2 nitrogen and oxygen atoms in total. The van der Waals surface area contributed by atoms with Gasteiger partial charge in [-0.25, -0.2) is 0 Å². The summed E-state index contributed by atoms with van der Waals surface area (Å²) in [4.78, 5) is 11.6. The number of rotatable bonds is 1. The Hall–Kier alpha value is -0.700. The maximum absolute atomic E-state index is 10.5. The van der Waals surface area contributed by atoms with E-state index >= 15 is 0 Å². The van der Waals surface area contributed by atoms with Gasteiger partial charge < -0.3 is 4.18 Å². The maximum atomic E-state index is 10.5. The fourth-order valence-corrected chi connectivity index (χ4v) is 1.88. The molecule has 3 heteroatoms. The second-order valence-corrected chi connectivity index (χ2v) is 3.90. The van der Waals surface area contributed by atoms with Gasteiger partial charge in [0.25, 0.3) is 0 Å². The minimum atomic E-state index is -0.715. The molecule has 56 valence electrons. The van der Waals surface area contributed by atoms with E-state index in [0.717, 1.165) is 4.91 Å². The molecule has 0 aliphatic carbocycles. The van der Waals surface area contributed by atoms with Gasteiger partial charge in [0, 0.05) is 6.92 Å². The van der Waals surface area contributed by atoms with Crippen LogP contribution in [-0.2, 0) is 8.98 Å². The molecular weight excluding hydrogens is 148 g/mol. The van der Waals surface area contributed by atoms with Crippen LogP contribution < -0.4 is 0 Å². The summed E-state index contributed by atoms with van der Waals surface area (Å²) < 4.78 is 4.99. The highest BCUT2D eigenvalue weighted by Gasteiger charge is 2.08. The molecule has 10 heavy (non-hydrogen) atoms. The molecule has 0 saturated carbocycles. The molecule has 1 atom stereocenters. The van der Waals surface area contributed by atoms with Crippen LogP contribution in [0.25, 0.3) is 0 Å². The van der Waals surface area contributed by atoms with Crippen LogP contribution in [0.2, 0.25) is 0 Å². The van der Waals surface area contributed by atoms with E-state index in [0.29, 0.717) is 0 Å². The van der Waals surface area contributed by atoms with Crippen LogP contribution >= 0.6 is 11.2 Å². The van der Waals surface area contributed by atoms with Gasteiger partial charge in [-0.2, -0.15) is 0 Å². The van der Waals surface area contributed by atoms with Crippen molar-refractivity contribution in [3.63, 3.8) is 0 Å². The third-order valence-electron chi connectivity index (χ3n) is 1.13. The van der Waals surface area contributed by atoms with Crippen molar-refractivity contribution in [1.29, 1.82) is 0 Å². The second kappa shape index (κ2) is 2.92. The van der Waals surface area contributed by atoms with Crippen LogP contribution in [0.5, 0.6) is 0 Å². The van der Waals surface area contributed by atoms with Crippen molar-refractivity contribution in [2.45, 2.75) is 13.8 Å². The minimum absolute atomic E-state index is 0.203. The van der Waals surface area contributed by atoms with Crippen molar-refractivity contribution in [2.24, 2.45) is 0 Å².